The summed E-state index contributed by atoms with van der Waals surface area (Å²) in [4.78, 5) is 18.7. The fraction of sp³-hybridized carbons (Fsp3) is 0.429. The van der Waals surface area contributed by atoms with Crippen LogP contribution in [0.4, 0.5) is 0 Å². The molecule has 0 aliphatic carbocycles. The highest BCUT2D eigenvalue weighted by Crippen LogP contribution is 2.09. The predicted molar refractivity (Wildman–Crippen MR) is 87.4 cm³/mol. The van der Waals surface area contributed by atoms with Crippen molar-refractivity contribution in [3.8, 4) is 0 Å². The van der Waals surface area contributed by atoms with Gasteiger partial charge in [-0.05, 0) is 19.1 Å². The Bertz CT molecular complexity index is 568. The Kier molecular flexibility index (Phi) is 6.45. The van der Waals surface area contributed by atoms with Gasteiger partial charge in [-0.15, -0.1) is 24.8 Å². The van der Waals surface area contributed by atoms with Gasteiger partial charge >= 0.3 is 0 Å². The number of rotatable bonds is 2. The molecular weight excluding hydrogens is 311 g/mol. The highest BCUT2D eigenvalue weighted by atomic mass is 35.5. The summed E-state index contributed by atoms with van der Waals surface area (Å²) in [7, 11) is 0. The number of nitrogens with one attached hydrogen (secondary N) is 1. The molecule has 2 aromatic rings. The van der Waals surface area contributed by atoms with Crippen LogP contribution >= 0.6 is 24.8 Å². The van der Waals surface area contributed by atoms with Gasteiger partial charge in [0.25, 0.3) is 0 Å². The van der Waals surface area contributed by atoms with Crippen molar-refractivity contribution < 1.29 is 4.79 Å². The Morgan fingerprint density at radius 3 is 2.95 bits per heavy atom. The van der Waals surface area contributed by atoms with Crippen LogP contribution in [-0.2, 0) is 11.2 Å². The number of pyridine rings is 1. The minimum absolute atomic E-state index is 0. The smallest absolute Gasteiger partial charge is 0.228 e. The van der Waals surface area contributed by atoms with Crippen LogP contribution < -0.4 is 5.32 Å². The molecule has 0 aromatic carbocycles. The van der Waals surface area contributed by atoms with Crippen LogP contribution in [0.1, 0.15) is 12.6 Å². The third-order valence-electron chi connectivity index (χ3n) is 3.57. The lowest BCUT2D eigenvalue weighted by Crippen LogP contribution is -2.52. The molecule has 1 atom stereocenters. The van der Waals surface area contributed by atoms with Crippen molar-refractivity contribution in [3.63, 3.8) is 0 Å². The van der Waals surface area contributed by atoms with Gasteiger partial charge in [-0.1, -0.05) is 6.07 Å². The van der Waals surface area contributed by atoms with E-state index in [1.165, 1.54) is 0 Å². The third-order valence-corrected chi connectivity index (χ3v) is 3.57. The Morgan fingerprint density at radius 2 is 2.24 bits per heavy atom. The van der Waals surface area contributed by atoms with Crippen molar-refractivity contribution in [1.82, 2.24) is 19.6 Å². The van der Waals surface area contributed by atoms with Gasteiger partial charge in [-0.25, -0.2) is 4.98 Å². The molecule has 1 aliphatic rings. The summed E-state index contributed by atoms with van der Waals surface area (Å²) in [6.07, 6.45) is 4.26. The first-order valence-electron chi connectivity index (χ1n) is 6.67. The molecule has 1 fully saturated rings. The maximum absolute atomic E-state index is 12.3. The minimum atomic E-state index is 0. The van der Waals surface area contributed by atoms with Crippen molar-refractivity contribution in [2.24, 2.45) is 0 Å². The van der Waals surface area contributed by atoms with Crippen LogP contribution in [0, 0.1) is 0 Å². The Labute approximate surface area is 136 Å². The second-order valence-corrected chi connectivity index (χ2v) is 5.02. The molecule has 0 spiro atoms. The number of carbonyl (C=O) groups is 1. The lowest BCUT2D eigenvalue weighted by molar-refractivity contribution is -0.133. The minimum Gasteiger partial charge on any atom is -0.337 e. The van der Waals surface area contributed by atoms with Crippen molar-refractivity contribution >= 4 is 36.4 Å². The molecular formula is C14H20Cl2N4O. The first-order valence-corrected chi connectivity index (χ1v) is 6.67. The van der Waals surface area contributed by atoms with Gasteiger partial charge in [0.1, 0.15) is 5.65 Å². The third kappa shape index (κ3) is 3.87. The summed E-state index contributed by atoms with van der Waals surface area (Å²) in [5, 5.41) is 3.29. The molecule has 0 radical (unpaired) electrons. The van der Waals surface area contributed by atoms with Crippen LogP contribution in [0.15, 0.2) is 30.6 Å². The first-order chi connectivity index (χ1) is 9.24. The van der Waals surface area contributed by atoms with Gasteiger partial charge in [-0.3, -0.25) is 4.79 Å². The quantitative estimate of drug-likeness (QED) is 0.908. The molecule has 7 heteroatoms. The number of amides is 1. The summed E-state index contributed by atoms with van der Waals surface area (Å²) in [5.41, 5.74) is 1.72. The lowest BCUT2D eigenvalue weighted by atomic mass is 10.2. The maximum atomic E-state index is 12.3. The zero-order valence-electron chi connectivity index (χ0n) is 11.9. The lowest BCUT2D eigenvalue weighted by Gasteiger charge is -2.33. The van der Waals surface area contributed by atoms with Crippen LogP contribution in [0.3, 0.4) is 0 Å². The molecule has 0 bridgehead atoms. The van der Waals surface area contributed by atoms with Gasteiger partial charge in [0, 0.05) is 38.1 Å². The fourth-order valence-corrected chi connectivity index (χ4v) is 2.54. The van der Waals surface area contributed by atoms with E-state index in [0.29, 0.717) is 6.42 Å². The van der Waals surface area contributed by atoms with E-state index in [-0.39, 0.29) is 36.8 Å². The van der Waals surface area contributed by atoms with Crippen molar-refractivity contribution in [1.29, 1.82) is 0 Å². The number of carbonyl (C=O) groups excluding carboxylic acids is 1. The van der Waals surface area contributed by atoms with Gasteiger partial charge in [0.05, 0.1) is 12.1 Å². The molecule has 3 heterocycles. The maximum Gasteiger partial charge on any atom is 0.228 e. The topological polar surface area (TPSA) is 49.6 Å². The number of imidazole rings is 1. The van der Waals surface area contributed by atoms with E-state index in [2.05, 4.69) is 17.2 Å². The second-order valence-electron chi connectivity index (χ2n) is 5.02. The molecule has 0 saturated carbocycles. The van der Waals surface area contributed by atoms with Crippen LogP contribution in [-0.4, -0.2) is 45.9 Å². The fourth-order valence-electron chi connectivity index (χ4n) is 2.54. The molecule has 1 amide bonds. The van der Waals surface area contributed by atoms with Crippen LogP contribution in [0.25, 0.3) is 5.65 Å². The van der Waals surface area contributed by atoms with Gasteiger partial charge in [0.15, 0.2) is 0 Å². The first kappa shape index (κ1) is 17.8. The molecule has 1 aliphatic heterocycles. The zero-order valence-corrected chi connectivity index (χ0v) is 13.5. The highest BCUT2D eigenvalue weighted by Gasteiger charge is 2.23. The second kappa shape index (κ2) is 7.64. The summed E-state index contributed by atoms with van der Waals surface area (Å²) < 4.78 is 1.95. The van der Waals surface area contributed by atoms with E-state index in [1.807, 2.05) is 39.9 Å². The van der Waals surface area contributed by atoms with E-state index >= 15 is 0 Å². The van der Waals surface area contributed by atoms with E-state index in [9.17, 15) is 4.79 Å². The molecule has 21 heavy (non-hydrogen) atoms. The SMILES string of the molecule is CC1CNCCN1C(=O)Cc1cn2ccccc2n1.Cl.Cl. The molecule has 1 N–H and O–H groups in total. The zero-order chi connectivity index (χ0) is 13.2. The number of halogens is 2. The Morgan fingerprint density at radius 1 is 1.43 bits per heavy atom. The molecule has 116 valence electrons. The average Bonchev–Trinajstić information content (AvgIpc) is 2.81. The Balaban J connectivity index is 0.00000110. The van der Waals surface area contributed by atoms with E-state index in [1.54, 1.807) is 0 Å². The normalized spacial score (nSPS) is 18.0. The monoisotopic (exact) mass is 330 g/mol. The number of piperazine rings is 1. The molecule has 5 nitrogen and oxygen atoms in total. The summed E-state index contributed by atoms with van der Waals surface area (Å²) in [6.45, 7) is 4.61. The summed E-state index contributed by atoms with van der Waals surface area (Å²) >= 11 is 0. The average molecular weight is 331 g/mol. The van der Waals surface area contributed by atoms with Gasteiger partial charge < -0.3 is 14.6 Å². The number of fused-ring (bicyclic) bond motifs is 1. The van der Waals surface area contributed by atoms with E-state index < -0.39 is 0 Å². The molecule has 1 unspecified atom stereocenters. The van der Waals surface area contributed by atoms with Gasteiger partial charge in [-0.2, -0.15) is 0 Å². The van der Waals surface area contributed by atoms with Crippen LogP contribution in [0.2, 0.25) is 0 Å². The van der Waals surface area contributed by atoms with Crippen molar-refractivity contribution in [2.45, 2.75) is 19.4 Å². The van der Waals surface area contributed by atoms with Crippen molar-refractivity contribution in [3.05, 3.63) is 36.3 Å². The Hall–Kier alpha value is -1.30. The summed E-state index contributed by atoms with van der Waals surface area (Å²) in [6, 6.07) is 6.12. The summed E-state index contributed by atoms with van der Waals surface area (Å²) in [5.74, 6) is 0.164. The number of hydrogen-bond acceptors (Lipinski definition) is 3. The number of aromatic nitrogens is 2. The van der Waals surface area contributed by atoms with Crippen LogP contribution in [0.5, 0.6) is 0 Å². The van der Waals surface area contributed by atoms with Crippen molar-refractivity contribution in [2.75, 3.05) is 19.6 Å². The van der Waals surface area contributed by atoms with Gasteiger partial charge in [0.2, 0.25) is 5.91 Å². The standard InChI is InChI=1S/C14H18N4O.2ClH/c1-11-9-15-5-7-18(11)14(19)8-12-10-17-6-3-2-4-13(17)16-12;;/h2-4,6,10-11,15H,5,7-9H2,1H3;2*1H. The number of hydrogen-bond donors (Lipinski definition) is 1. The molecule has 3 rings (SSSR count). The largest absolute Gasteiger partial charge is 0.337 e. The molecule has 1 saturated heterocycles. The highest BCUT2D eigenvalue weighted by molar-refractivity contribution is 5.85. The molecule has 2 aromatic heterocycles. The predicted octanol–water partition coefficient (Wildman–Crippen LogP) is 1.54. The number of nitrogens with zero attached hydrogens (tertiary/aromatic N) is 3. The van der Waals surface area contributed by atoms with E-state index in [4.69, 9.17) is 0 Å². The van der Waals surface area contributed by atoms with E-state index in [0.717, 1.165) is 31.0 Å².